The molecule has 0 unspecified atom stereocenters. The molecule has 1 rings (SSSR count). The summed E-state index contributed by atoms with van der Waals surface area (Å²) in [6.07, 6.45) is 2.96. The Bertz CT molecular complexity index is 361. The predicted octanol–water partition coefficient (Wildman–Crippen LogP) is 3.24. The Morgan fingerprint density at radius 3 is 2.64 bits per heavy atom. The summed E-state index contributed by atoms with van der Waals surface area (Å²) in [4.78, 5) is 11.0. The minimum atomic E-state index is 0.131. The summed E-state index contributed by atoms with van der Waals surface area (Å²) in [5.41, 5.74) is 3.21. The van der Waals surface area contributed by atoms with Crippen molar-refractivity contribution in [2.75, 3.05) is 0 Å². The molecule has 0 spiro atoms. The first-order valence-corrected chi connectivity index (χ1v) is 4.91. The van der Waals surface area contributed by atoms with Crippen LogP contribution in [-0.4, -0.2) is 5.78 Å². The summed E-state index contributed by atoms with van der Waals surface area (Å²) in [6, 6.07) is 8.26. The van der Waals surface area contributed by atoms with Crippen LogP contribution in [-0.2, 0) is 11.2 Å². The van der Waals surface area contributed by atoms with Crippen LogP contribution in [0.15, 0.2) is 29.8 Å². The van der Waals surface area contributed by atoms with Crippen molar-refractivity contribution < 1.29 is 4.79 Å². The zero-order chi connectivity index (χ0) is 10.6. The van der Waals surface area contributed by atoms with Crippen LogP contribution in [0.2, 0.25) is 0 Å². The van der Waals surface area contributed by atoms with E-state index in [1.807, 2.05) is 25.1 Å². The van der Waals surface area contributed by atoms with Crippen molar-refractivity contribution in [3.05, 3.63) is 41.0 Å². The Hall–Kier alpha value is -1.37. The summed E-state index contributed by atoms with van der Waals surface area (Å²) in [5.74, 6) is 0.131. The van der Waals surface area contributed by atoms with E-state index in [4.69, 9.17) is 0 Å². The van der Waals surface area contributed by atoms with Crippen molar-refractivity contribution >= 4 is 11.9 Å². The molecule has 0 atom stereocenters. The maximum atomic E-state index is 11.0. The highest BCUT2D eigenvalue weighted by atomic mass is 16.1. The normalized spacial score (nSPS) is 11.5. The smallest absolute Gasteiger partial charge is 0.155 e. The Morgan fingerprint density at radius 1 is 1.36 bits per heavy atom. The number of carbonyl (C=O) groups excluding carboxylic acids is 1. The maximum Gasteiger partial charge on any atom is 0.155 e. The van der Waals surface area contributed by atoms with Gasteiger partial charge in [0, 0.05) is 0 Å². The minimum Gasteiger partial charge on any atom is -0.295 e. The number of carbonyl (C=O) groups is 1. The van der Waals surface area contributed by atoms with Crippen molar-refractivity contribution in [1.29, 1.82) is 0 Å². The second-order valence-corrected chi connectivity index (χ2v) is 3.48. The molecule has 0 saturated carbocycles. The van der Waals surface area contributed by atoms with Crippen LogP contribution in [0.1, 0.15) is 31.9 Å². The van der Waals surface area contributed by atoms with Crippen LogP contribution in [0.5, 0.6) is 0 Å². The van der Waals surface area contributed by atoms with E-state index >= 15 is 0 Å². The average molecular weight is 188 g/mol. The Balaban J connectivity index is 2.97. The lowest BCUT2D eigenvalue weighted by Crippen LogP contribution is -1.91. The molecule has 1 aromatic rings. The van der Waals surface area contributed by atoms with Gasteiger partial charge in [0.1, 0.15) is 0 Å². The lowest BCUT2D eigenvalue weighted by molar-refractivity contribution is -0.113. The lowest BCUT2D eigenvalue weighted by atomic mass is 10.1. The molecule has 1 aromatic carbocycles. The van der Waals surface area contributed by atoms with E-state index in [-0.39, 0.29) is 5.78 Å². The number of hydrogen-bond acceptors (Lipinski definition) is 1. The summed E-state index contributed by atoms with van der Waals surface area (Å²) in [7, 11) is 0. The first kappa shape index (κ1) is 10.7. The fourth-order valence-corrected chi connectivity index (χ4v) is 1.25. The standard InChI is InChI=1S/C13H16O/c1-4-12-6-5-7-13(9-12)8-10(2)11(3)14/h5-9H,4H2,1-3H3/b10-8+. The molecule has 0 aliphatic heterocycles. The van der Waals surface area contributed by atoms with Crippen LogP contribution in [0.4, 0.5) is 0 Å². The first-order valence-electron chi connectivity index (χ1n) is 4.91. The fraction of sp³-hybridized carbons (Fsp3) is 0.308. The molecule has 0 amide bonds. The molecule has 0 saturated heterocycles. The average Bonchev–Trinajstić information content (AvgIpc) is 2.18. The van der Waals surface area contributed by atoms with Gasteiger partial charge in [-0.2, -0.15) is 0 Å². The third-order valence-corrected chi connectivity index (χ3v) is 2.30. The quantitative estimate of drug-likeness (QED) is 0.665. The van der Waals surface area contributed by atoms with Gasteiger partial charge < -0.3 is 0 Å². The van der Waals surface area contributed by atoms with Crippen molar-refractivity contribution in [3.8, 4) is 0 Å². The number of ketones is 1. The van der Waals surface area contributed by atoms with Gasteiger partial charge in [-0.1, -0.05) is 31.2 Å². The van der Waals surface area contributed by atoms with E-state index in [0.29, 0.717) is 0 Å². The molecular weight excluding hydrogens is 172 g/mol. The van der Waals surface area contributed by atoms with Crippen molar-refractivity contribution in [2.24, 2.45) is 0 Å². The van der Waals surface area contributed by atoms with Crippen LogP contribution < -0.4 is 0 Å². The maximum absolute atomic E-state index is 11.0. The van der Waals surface area contributed by atoms with Crippen molar-refractivity contribution in [3.63, 3.8) is 0 Å². The molecule has 0 radical (unpaired) electrons. The van der Waals surface area contributed by atoms with Gasteiger partial charge in [-0.15, -0.1) is 0 Å². The number of benzene rings is 1. The van der Waals surface area contributed by atoms with Gasteiger partial charge in [-0.3, -0.25) is 4.79 Å². The Kier molecular flexibility index (Phi) is 3.63. The molecular formula is C13H16O. The van der Waals surface area contributed by atoms with Gasteiger partial charge in [-0.25, -0.2) is 0 Å². The van der Waals surface area contributed by atoms with Crippen LogP contribution in [0.3, 0.4) is 0 Å². The second-order valence-electron chi connectivity index (χ2n) is 3.48. The lowest BCUT2D eigenvalue weighted by Gasteiger charge is -1.99. The van der Waals surface area contributed by atoms with Crippen LogP contribution in [0, 0.1) is 0 Å². The highest BCUT2D eigenvalue weighted by molar-refractivity contribution is 5.97. The molecule has 0 bridgehead atoms. The third kappa shape index (κ3) is 2.84. The monoisotopic (exact) mass is 188 g/mol. The molecule has 1 heteroatoms. The van der Waals surface area contributed by atoms with Gasteiger partial charge in [0.25, 0.3) is 0 Å². The van der Waals surface area contributed by atoms with Gasteiger partial charge >= 0.3 is 0 Å². The molecule has 74 valence electrons. The van der Waals surface area contributed by atoms with E-state index in [9.17, 15) is 4.79 Å². The Labute approximate surface area is 85.5 Å². The number of hydrogen-bond donors (Lipinski definition) is 0. The zero-order valence-corrected chi connectivity index (χ0v) is 9.00. The fourth-order valence-electron chi connectivity index (χ4n) is 1.25. The zero-order valence-electron chi connectivity index (χ0n) is 9.00. The molecule has 0 aliphatic carbocycles. The van der Waals surface area contributed by atoms with Crippen molar-refractivity contribution in [1.82, 2.24) is 0 Å². The van der Waals surface area contributed by atoms with E-state index in [0.717, 1.165) is 17.6 Å². The van der Waals surface area contributed by atoms with E-state index < -0.39 is 0 Å². The van der Waals surface area contributed by atoms with E-state index in [1.54, 1.807) is 6.92 Å². The third-order valence-electron chi connectivity index (χ3n) is 2.30. The van der Waals surface area contributed by atoms with Crippen LogP contribution in [0.25, 0.3) is 6.08 Å². The SMILES string of the molecule is CCc1cccc(/C=C(\C)C(C)=O)c1. The predicted molar refractivity (Wildman–Crippen MR) is 60.2 cm³/mol. The van der Waals surface area contributed by atoms with Gasteiger partial charge in [-0.05, 0) is 43.0 Å². The number of aryl methyl sites for hydroxylation is 1. The Morgan fingerprint density at radius 2 is 2.07 bits per heavy atom. The molecule has 0 heterocycles. The largest absolute Gasteiger partial charge is 0.295 e. The topological polar surface area (TPSA) is 17.1 Å². The minimum absolute atomic E-state index is 0.131. The van der Waals surface area contributed by atoms with Gasteiger partial charge in [0.2, 0.25) is 0 Å². The summed E-state index contributed by atoms with van der Waals surface area (Å²) >= 11 is 0. The molecule has 0 fully saturated rings. The summed E-state index contributed by atoms with van der Waals surface area (Å²) in [6.45, 7) is 5.57. The second kappa shape index (κ2) is 4.75. The molecule has 0 aliphatic rings. The highest BCUT2D eigenvalue weighted by Crippen LogP contribution is 2.10. The summed E-state index contributed by atoms with van der Waals surface area (Å²) in [5, 5.41) is 0. The summed E-state index contributed by atoms with van der Waals surface area (Å²) < 4.78 is 0. The number of allylic oxidation sites excluding steroid dienone is 1. The van der Waals surface area contributed by atoms with Gasteiger partial charge in [0.05, 0.1) is 0 Å². The van der Waals surface area contributed by atoms with E-state index in [2.05, 4.69) is 19.1 Å². The molecule has 14 heavy (non-hydrogen) atoms. The highest BCUT2D eigenvalue weighted by Gasteiger charge is 1.96. The molecule has 1 nitrogen and oxygen atoms in total. The van der Waals surface area contributed by atoms with Crippen molar-refractivity contribution in [2.45, 2.75) is 27.2 Å². The number of Topliss-reactive ketones (excluding diaryl/α,β-unsaturated/α-hetero) is 1. The molecule has 0 N–H and O–H groups in total. The first-order chi connectivity index (χ1) is 6.63. The number of rotatable bonds is 3. The van der Waals surface area contributed by atoms with E-state index in [1.165, 1.54) is 5.56 Å². The van der Waals surface area contributed by atoms with Crippen LogP contribution >= 0.6 is 0 Å². The van der Waals surface area contributed by atoms with Gasteiger partial charge in [0.15, 0.2) is 5.78 Å². The molecule has 0 aromatic heterocycles.